The SMILES string of the molecule is O=C(O)C(F)(F)F.O=C1Nc2ccc(-c3cccc(C(F)(F)F)c3)cc2C(=O)N2CCNCC12. The van der Waals surface area contributed by atoms with Crippen molar-refractivity contribution in [2.24, 2.45) is 0 Å². The number of aliphatic carboxylic acids is 1. The highest BCUT2D eigenvalue weighted by Gasteiger charge is 2.38. The average molecular weight is 489 g/mol. The molecular formula is C21H17F6N3O4. The van der Waals surface area contributed by atoms with Crippen molar-refractivity contribution >= 4 is 23.5 Å². The van der Waals surface area contributed by atoms with Gasteiger partial charge in [-0.15, -0.1) is 0 Å². The van der Waals surface area contributed by atoms with Crippen LogP contribution in [0.5, 0.6) is 0 Å². The molecule has 34 heavy (non-hydrogen) atoms. The van der Waals surface area contributed by atoms with E-state index in [0.29, 0.717) is 36.4 Å². The first kappa shape index (κ1) is 25.0. The van der Waals surface area contributed by atoms with E-state index < -0.39 is 29.9 Å². The molecule has 2 aliphatic heterocycles. The smallest absolute Gasteiger partial charge is 0.475 e. The highest BCUT2D eigenvalue weighted by atomic mass is 19.4. The van der Waals surface area contributed by atoms with Gasteiger partial charge >= 0.3 is 18.3 Å². The molecule has 3 N–H and O–H groups in total. The number of carbonyl (C=O) groups is 3. The first-order chi connectivity index (χ1) is 15.8. The molecule has 1 saturated heterocycles. The van der Waals surface area contributed by atoms with E-state index in [0.717, 1.165) is 12.1 Å². The number of carbonyl (C=O) groups excluding carboxylic acids is 2. The van der Waals surface area contributed by atoms with Gasteiger partial charge in [-0.2, -0.15) is 26.3 Å². The molecule has 0 aliphatic carbocycles. The number of anilines is 1. The van der Waals surface area contributed by atoms with Crippen molar-refractivity contribution in [1.82, 2.24) is 10.2 Å². The van der Waals surface area contributed by atoms with Crippen molar-refractivity contribution < 1.29 is 45.8 Å². The molecule has 13 heteroatoms. The predicted octanol–water partition coefficient (Wildman–Crippen LogP) is 3.37. The van der Waals surface area contributed by atoms with Crippen LogP contribution < -0.4 is 10.6 Å². The summed E-state index contributed by atoms with van der Waals surface area (Å²) in [5.74, 6) is -3.34. The number of amides is 2. The molecule has 7 nitrogen and oxygen atoms in total. The molecule has 1 atom stereocenters. The van der Waals surface area contributed by atoms with Crippen LogP contribution in [-0.4, -0.2) is 59.6 Å². The number of alkyl halides is 6. The molecule has 0 radical (unpaired) electrons. The minimum atomic E-state index is -5.08. The molecule has 1 unspecified atom stereocenters. The molecule has 2 amide bonds. The molecule has 2 aromatic carbocycles. The Kier molecular flexibility index (Phi) is 6.87. The molecule has 1 fully saturated rings. The lowest BCUT2D eigenvalue weighted by Crippen LogP contribution is -2.57. The van der Waals surface area contributed by atoms with Gasteiger partial charge in [0.2, 0.25) is 5.91 Å². The molecular weight excluding hydrogens is 472 g/mol. The van der Waals surface area contributed by atoms with Crippen LogP contribution in [0.1, 0.15) is 15.9 Å². The maximum absolute atomic E-state index is 13.0. The Morgan fingerprint density at radius 2 is 1.65 bits per heavy atom. The van der Waals surface area contributed by atoms with Crippen LogP contribution >= 0.6 is 0 Å². The number of benzene rings is 2. The van der Waals surface area contributed by atoms with Gasteiger partial charge in [0.25, 0.3) is 5.91 Å². The van der Waals surface area contributed by atoms with Gasteiger partial charge < -0.3 is 20.6 Å². The minimum absolute atomic E-state index is 0.277. The van der Waals surface area contributed by atoms with E-state index in [4.69, 9.17) is 9.90 Å². The minimum Gasteiger partial charge on any atom is -0.475 e. The fraction of sp³-hybridized carbons (Fsp3) is 0.286. The number of nitrogens with one attached hydrogen (secondary N) is 2. The number of fused-ring (bicyclic) bond motifs is 2. The van der Waals surface area contributed by atoms with Gasteiger partial charge in [0.1, 0.15) is 6.04 Å². The summed E-state index contributed by atoms with van der Waals surface area (Å²) in [4.78, 5) is 35.8. The number of nitrogens with zero attached hydrogens (tertiary/aromatic N) is 1. The fourth-order valence-corrected chi connectivity index (χ4v) is 3.44. The third-order valence-corrected chi connectivity index (χ3v) is 5.08. The first-order valence-electron chi connectivity index (χ1n) is 9.73. The summed E-state index contributed by atoms with van der Waals surface area (Å²) in [6.07, 6.45) is -9.53. The van der Waals surface area contributed by atoms with Crippen molar-refractivity contribution in [3.05, 3.63) is 53.6 Å². The lowest BCUT2D eigenvalue weighted by atomic mass is 9.99. The highest BCUT2D eigenvalue weighted by molar-refractivity contribution is 6.10. The Morgan fingerprint density at radius 3 is 2.26 bits per heavy atom. The topological polar surface area (TPSA) is 98.7 Å². The molecule has 182 valence electrons. The summed E-state index contributed by atoms with van der Waals surface area (Å²) < 4.78 is 70.7. The number of hydrogen-bond acceptors (Lipinski definition) is 4. The normalized spacial score (nSPS) is 18.1. The number of halogens is 6. The monoisotopic (exact) mass is 489 g/mol. The summed E-state index contributed by atoms with van der Waals surface area (Å²) >= 11 is 0. The van der Waals surface area contributed by atoms with Crippen LogP contribution in [0.2, 0.25) is 0 Å². The van der Waals surface area contributed by atoms with E-state index >= 15 is 0 Å². The zero-order valence-electron chi connectivity index (χ0n) is 17.1. The van der Waals surface area contributed by atoms with Crippen LogP contribution in [0.15, 0.2) is 42.5 Å². The van der Waals surface area contributed by atoms with Gasteiger partial charge in [0, 0.05) is 19.6 Å². The fourth-order valence-electron chi connectivity index (χ4n) is 3.44. The summed E-state index contributed by atoms with van der Waals surface area (Å²) in [6.45, 7) is 1.34. The van der Waals surface area contributed by atoms with E-state index in [1.807, 2.05) is 0 Å². The van der Waals surface area contributed by atoms with Crippen molar-refractivity contribution in [2.75, 3.05) is 25.0 Å². The third kappa shape index (κ3) is 5.47. The van der Waals surface area contributed by atoms with Crippen LogP contribution in [0.3, 0.4) is 0 Å². The maximum atomic E-state index is 13.0. The Hall–Kier alpha value is -3.61. The van der Waals surface area contributed by atoms with Crippen LogP contribution in [0, 0.1) is 0 Å². The maximum Gasteiger partial charge on any atom is 0.490 e. The van der Waals surface area contributed by atoms with Gasteiger partial charge in [-0.3, -0.25) is 9.59 Å². The summed E-state index contributed by atoms with van der Waals surface area (Å²) in [5.41, 5.74) is 0.735. The van der Waals surface area contributed by atoms with Gasteiger partial charge in [-0.05, 0) is 35.4 Å². The van der Waals surface area contributed by atoms with Gasteiger partial charge in [-0.25, -0.2) is 4.79 Å². The Labute approximate surface area is 188 Å². The summed E-state index contributed by atoms with van der Waals surface area (Å²) in [6, 6.07) is 9.05. The van der Waals surface area contributed by atoms with Crippen molar-refractivity contribution in [3.63, 3.8) is 0 Å². The molecule has 0 saturated carbocycles. The van der Waals surface area contributed by atoms with Gasteiger partial charge in [-0.1, -0.05) is 18.2 Å². The van der Waals surface area contributed by atoms with Crippen LogP contribution in [-0.2, 0) is 15.8 Å². The molecule has 0 bridgehead atoms. The number of hydrogen-bond donors (Lipinski definition) is 3. The number of piperazine rings is 1. The highest BCUT2D eigenvalue weighted by Crippen LogP contribution is 2.34. The second kappa shape index (κ2) is 9.33. The van der Waals surface area contributed by atoms with E-state index in [1.165, 1.54) is 17.0 Å². The molecule has 2 aromatic rings. The van der Waals surface area contributed by atoms with E-state index in [9.17, 15) is 35.9 Å². The second-order valence-corrected chi connectivity index (χ2v) is 7.35. The van der Waals surface area contributed by atoms with Gasteiger partial charge in [0.05, 0.1) is 16.8 Å². The zero-order valence-corrected chi connectivity index (χ0v) is 17.1. The number of rotatable bonds is 1. The second-order valence-electron chi connectivity index (χ2n) is 7.35. The zero-order chi connectivity index (χ0) is 25.3. The summed E-state index contributed by atoms with van der Waals surface area (Å²) in [7, 11) is 0. The Bertz CT molecular complexity index is 1120. The lowest BCUT2D eigenvalue weighted by Gasteiger charge is -2.33. The molecule has 2 aliphatic rings. The Morgan fingerprint density at radius 1 is 1.00 bits per heavy atom. The molecule has 0 aromatic heterocycles. The predicted molar refractivity (Wildman–Crippen MR) is 107 cm³/mol. The van der Waals surface area contributed by atoms with Crippen LogP contribution in [0.25, 0.3) is 11.1 Å². The lowest BCUT2D eigenvalue weighted by molar-refractivity contribution is -0.192. The number of carboxylic acids is 1. The van der Waals surface area contributed by atoms with E-state index in [-0.39, 0.29) is 17.4 Å². The van der Waals surface area contributed by atoms with Gasteiger partial charge in [0.15, 0.2) is 0 Å². The first-order valence-corrected chi connectivity index (χ1v) is 9.73. The van der Waals surface area contributed by atoms with E-state index in [2.05, 4.69) is 10.6 Å². The van der Waals surface area contributed by atoms with Crippen molar-refractivity contribution in [1.29, 1.82) is 0 Å². The van der Waals surface area contributed by atoms with Crippen molar-refractivity contribution in [2.45, 2.75) is 18.4 Å². The van der Waals surface area contributed by atoms with Crippen molar-refractivity contribution in [3.8, 4) is 11.1 Å². The standard InChI is InChI=1S/C19H16F3N3O2.C2HF3O2/c20-19(21,22)13-3-1-2-11(8-13)12-4-5-15-14(9-12)18(27)25-7-6-23-10-16(25)17(26)24-15;3-2(4,5)1(6)7/h1-5,8-9,16,23H,6-7,10H2,(H,24,26);(H,6,7). The van der Waals surface area contributed by atoms with Crippen LogP contribution in [0.4, 0.5) is 32.0 Å². The molecule has 2 heterocycles. The molecule has 4 rings (SSSR count). The largest absolute Gasteiger partial charge is 0.490 e. The Balaban J connectivity index is 0.000000406. The quantitative estimate of drug-likeness (QED) is 0.534. The average Bonchev–Trinajstić information content (AvgIpc) is 2.88. The summed E-state index contributed by atoms with van der Waals surface area (Å²) in [5, 5.41) is 13.0. The number of carboxylic acid groups (broad SMARTS) is 1. The van der Waals surface area contributed by atoms with E-state index in [1.54, 1.807) is 18.2 Å². The molecule has 0 spiro atoms. The third-order valence-electron chi connectivity index (χ3n) is 5.08.